The first-order valence-electron chi connectivity index (χ1n) is 6.03. The average Bonchev–Trinajstić information content (AvgIpc) is 2.33. The number of nitrogens with one attached hydrogen (secondary N) is 1. The fraction of sp³-hybridized carbons (Fsp3) is 0.667. The third-order valence-electron chi connectivity index (χ3n) is 3.04. The van der Waals surface area contributed by atoms with Crippen LogP contribution in [0.15, 0.2) is 0 Å². The number of aromatic nitrogens is 2. The second-order valence-electron chi connectivity index (χ2n) is 4.40. The van der Waals surface area contributed by atoms with Crippen LogP contribution in [0, 0.1) is 13.8 Å². The van der Waals surface area contributed by atoms with Crippen molar-refractivity contribution in [3.05, 3.63) is 16.5 Å². The molecule has 1 fully saturated rings. The normalized spacial score (nSPS) is 20.3. The standard InChI is InChI=1S/C12H18ClN3S/c1-8-9(2)16-12(11(13)15-8)14-7-10-5-3-4-6-17-10/h10H,3-7H2,1-2H3,(H,14,16). The summed E-state index contributed by atoms with van der Waals surface area (Å²) in [6.45, 7) is 4.82. The summed E-state index contributed by atoms with van der Waals surface area (Å²) in [5.74, 6) is 2.00. The molecular weight excluding hydrogens is 254 g/mol. The van der Waals surface area contributed by atoms with E-state index in [1.54, 1.807) is 0 Å². The van der Waals surface area contributed by atoms with Gasteiger partial charge in [-0.25, -0.2) is 9.97 Å². The van der Waals surface area contributed by atoms with E-state index in [9.17, 15) is 0 Å². The van der Waals surface area contributed by atoms with E-state index in [0.717, 1.165) is 23.8 Å². The average molecular weight is 272 g/mol. The fourth-order valence-electron chi connectivity index (χ4n) is 1.87. The van der Waals surface area contributed by atoms with E-state index < -0.39 is 0 Å². The van der Waals surface area contributed by atoms with Crippen LogP contribution >= 0.6 is 23.4 Å². The van der Waals surface area contributed by atoms with E-state index >= 15 is 0 Å². The van der Waals surface area contributed by atoms with Gasteiger partial charge in [-0.1, -0.05) is 18.0 Å². The first kappa shape index (κ1) is 13.0. The Bertz CT molecular complexity index is 392. The Morgan fingerprint density at radius 2 is 2.06 bits per heavy atom. The molecule has 1 N–H and O–H groups in total. The van der Waals surface area contributed by atoms with Crippen molar-refractivity contribution >= 4 is 29.2 Å². The van der Waals surface area contributed by atoms with Gasteiger partial charge in [0.25, 0.3) is 0 Å². The molecule has 1 unspecified atom stereocenters. The molecule has 0 bridgehead atoms. The number of hydrogen-bond acceptors (Lipinski definition) is 4. The Morgan fingerprint density at radius 3 is 2.76 bits per heavy atom. The quantitative estimate of drug-likeness (QED) is 0.914. The lowest BCUT2D eigenvalue weighted by molar-refractivity contribution is 0.676. The predicted molar refractivity (Wildman–Crippen MR) is 75.1 cm³/mol. The zero-order valence-corrected chi connectivity index (χ0v) is 11.9. The van der Waals surface area contributed by atoms with E-state index in [-0.39, 0.29) is 0 Å². The van der Waals surface area contributed by atoms with Gasteiger partial charge in [0.05, 0.1) is 11.4 Å². The van der Waals surface area contributed by atoms with E-state index in [1.807, 2.05) is 25.6 Å². The molecule has 1 atom stereocenters. The predicted octanol–water partition coefficient (Wildman–Crippen LogP) is 3.44. The van der Waals surface area contributed by atoms with Crippen LogP contribution in [0.5, 0.6) is 0 Å². The summed E-state index contributed by atoms with van der Waals surface area (Å²) < 4.78 is 0. The monoisotopic (exact) mass is 271 g/mol. The lowest BCUT2D eigenvalue weighted by atomic mass is 10.2. The van der Waals surface area contributed by atoms with Crippen LogP contribution in [0.3, 0.4) is 0 Å². The highest BCUT2D eigenvalue weighted by atomic mass is 35.5. The van der Waals surface area contributed by atoms with Crippen LogP contribution in [0.1, 0.15) is 30.7 Å². The number of hydrogen-bond donors (Lipinski definition) is 1. The van der Waals surface area contributed by atoms with Crippen molar-refractivity contribution in [3.63, 3.8) is 0 Å². The number of aryl methyl sites for hydroxylation is 2. The molecule has 2 rings (SSSR count). The zero-order chi connectivity index (χ0) is 12.3. The maximum atomic E-state index is 6.08. The fourth-order valence-corrected chi connectivity index (χ4v) is 3.34. The van der Waals surface area contributed by atoms with Crippen molar-refractivity contribution in [3.8, 4) is 0 Å². The summed E-state index contributed by atoms with van der Waals surface area (Å²) >= 11 is 8.12. The highest BCUT2D eigenvalue weighted by Crippen LogP contribution is 2.26. The molecular formula is C12H18ClN3S. The molecule has 1 saturated heterocycles. The summed E-state index contributed by atoms with van der Waals surface area (Å²) in [7, 11) is 0. The summed E-state index contributed by atoms with van der Waals surface area (Å²) in [5, 5.41) is 4.49. The molecule has 0 saturated carbocycles. The van der Waals surface area contributed by atoms with Gasteiger partial charge in [-0.2, -0.15) is 11.8 Å². The van der Waals surface area contributed by atoms with Crippen molar-refractivity contribution in [2.24, 2.45) is 0 Å². The topological polar surface area (TPSA) is 37.8 Å². The van der Waals surface area contributed by atoms with Gasteiger partial charge in [-0.15, -0.1) is 0 Å². The van der Waals surface area contributed by atoms with E-state index in [1.165, 1.54) is 25.0 Å². The van der Waals surface area contributed by atoms with Crippen molar-refractivity contribution in [1.29, 1.82) is 0 Å². The third-order valence-corrected chi connectivity index (χ3v) is 4.70. The minimum atomic E-state index is 0.480. The number of halogens is 1. The molecule has 0 aromatic carbocycles. The van der Waals surface area contributed by atoms with Gasteiger partial charge in [0.1, 0.15) is 0 Å². The number of nitrogens with zero attached hydrogens (tertiary/aromatic N) is 2. The van der Waals surface area contributed by atoms with Crippen molar-refractivity contribution in [2.75, 3.05) is 17.6 Å². The second-order valence-corrected chi connectivity index (χ2v) is 6.17. The van der Waals surface area contributed by atoms with Crippen LogP contribution < -0.4 is 5.32 Å². The molecule has 0 radical (unpaired) electrons. The number of rotatable bonds is 3. The van der Waals surface area contributed by atoms with Gasteiger partial charge in [-0.3, -0.25) is 0 Å². The van der Waals surface area contributed by atoms with Crippen molar-refractivity contribution in [1.82, 2.24) is 9.97 Å². The molecule has 5 heteroatoms. The van der Waals surface area contributed by atoms with Gasteiger partial charge < -0.3 is 5.32 Å². The number of anilines is 1. The summed E-state index contributed by atoms with van der Waals surface area (Å²) in [6.07, 6.45) is 3.98. The molecule has 1 aromatic rings. The highest BCUT2D eigenvalue weighted by molar-refractivity contribution is 7.99. The highest BCUT2D eigenvalue weighted by Gasteiger charge is 2.15. The first-order valence-corrected chi connectivity index (χ1v) is 7.45. The molecule has 2 heterocycles. The Kier molecular flexibility index (Phi) is 4.51. The Labute approximate surface area is 112 Å². The minimum Gasteiger partial charge on any atom is -0.366 e. The molecule has 0 spiro atoms. The molecule has 3 nitrogen and oxygen atoms in total. The molecule has 0 amide bonds. The largest absolute Gasteiger partial charge is 0.366 e. The summed E-state index contributed by atoms with van der Waals surface area (Å²) in [5.41, 5.74) is 1.83. The Morgan fingerprint density at radius 1 is 1.29 bits per heavy atom. The SMILES string of the molecule is Cc1nc(Cl)c(NCC2CCCCS2)nc1C. The lowest BCUT2D eigenvalue weighted by Crippen LogP contribution is -2.21. The Hall–Kier alpha value is -0.480. The molecule has 1 aromatic heterocycles. The van der Waals surface area contributed by atoms with Crippen LogP contribution in [0.2, 0.25) is 5.15 Å². The van der Waals surface area contributed by atoms with Crippen LogP contribution in [-0.2, 0) is 0 Å². The maximum Gasteiger partial charge on any atom is 0.171 e. The smallest absolute Gasteiger partial charge is 0.171 e. The van der Waals surface area contributed by atoms with Gasteiger partial charge in [-0.05, 0) is 32.4 Å². The van der Waals surface area contributed by atoms with E-state index in [2.05, 4.69) is 15.3 Å². The first-order chi connectivity index (χ1) is 8.16. The lowest BCUT2D eigenvalue weighted by Gasteiger charge is -2.21. The molecule has 94 valence electrons. The van der Waals surface area contributed by atoms with E-state index in [4.69, 9.17) is 11.6 Å². The second kappa shape index (κ2) is 5.91. The Balaban J connectivity index is 1.96. The van der Waals surface area contributed by atoms with E-state index in [0.29, 0.717) is 10.4 Å². The summed E-state index contributed by atoms with van der Waals surface area (Å²) in [4.78, 5) is 8.71. The van der Waals surface area contributed by atoms with Crippen LogP contribution in [-0.4, -0.2) is 27.5 Å². The van der Waals surface area contributed by atoms with Gasteiger partial charge in [0.2, 0.25) is 0 Å². The van der Waals surface area contributed by atoms with Gasteiger partial charge in [0.15, 0.2) is 11.0 Å². The van der Waals surface area contributed by atoms with Gasteiger partial charge in [0, 0.05) is 11.8 Å². The molecule has 1 aliphatic rings. The van der Waals surface area contributed by atoms with Gasteiger partial charge >= 0.3 is 0 Å². The molecule has 0 aliphatic carbocycles. The van der Waals surface area contributed by atoms with Crippen LogP contribution in [0.4, 0.5) is 5.82 Å². The number of thioether (sulfide) groups is 1. The minimum absolute atomic E-state index is 0.480. The zero-order valence-electron chi connectivity index (χ0n) is 10.3. The molecule has 17 heavy (non-hydrogen) atoms. The van der Waals surface area contributed by atoms with Crippen molar-refractivity contribution in [2.45, 2.75) is 38.4 Å². The summed E-state index contributed by atoms with van der Waals surface area (Å²) in [6, 6.07) is 0. The van der Waals surface area contributed by atoms with Crippen LogP contribution in [0.25, 0.3) is 0 Å². The maximum absolute atomic E-state index is 6.08. The molecule has 1 aliphatic heterocycles. The third kappa shape index (κ3) is 3.49. The van der Waals surface area contributed by atoms with Crippen molar-refractivity contribution < 1.29 is 0 Å².